The van der Waals surface area contributed by atoms with Crippen LogP contribution in [0.1, 0.15) is 44.6 Å². The van der Waals surface area contributed by atoms with Crippen molar-refractivity contribution in [2.75, 3.05) is 6.61 Å². The molecule has 1 fully saturated rings. The van der Waals surface area contributed by atoms with Gasteiger partial charge >= 0.3 is 6.09 Å². The van der Waals surface area contributed by atoms with E-state index in [0.29, 0.717) is 12.8 Å². The number of carbonyl (C=O) groups excluding carboxylic acids is 2. The fourth-order valence-electron chi connectivity index (χ4n) is 3.16. The molecule has 0 N–H and O–H groups in total. The number of amides is 2. The summed E-state index contributed by atoms with van der Waals surface area (Å²) in [4.78, 5) is 26.4. The van der Waals surface area contributed by atoms with Crippen molar-refractivity contribution in [1.29, 1.82) is 0 Å². The molecule has 2 rings (SSSR count). The zero-order valence-corrected chi connectivity index (χ0v) is 14.9. The Morgan fingerprint density at radius 3 is 2.80 bits per heavy atom. The maximum Gasteiger partial charge on any atom is 0.417 e. The molecule has 0 aliphatic carbocycles. The number of cyclic esters (lactones) is 1. The highest BCUT2D eigenvalue weighted by molar-refractivity contribution is 5.95. The van der Waals surface area contributed by atoms with Crippen LogP contribution in [0.5, 0.6) is 0 Å². The topological polar surface area (TPSA) is 46.6 Å². The number of hydrogen-bond acceptors (Lipinski definition) is 3. The van der Waals surface area contributed by atoms with E-state index in [2.05, 4.69) is 19.2 Å². The molecule has 0 unspecified atom stereocenters. The minimum Gasteiger partial charge on any atom is -0.447 e. The average molecular weight is 341 g/mol. The largest absolute Gasteiger partial charge is 0.447 e. The Morgan fingerprint density at radius 1 is 1.36 bits per heavy atom. The van der Waals surface area contributed by atoms with Crippen molar-refractivity contribution in [2.45, 2.75) is 51.5 Å². The second-order valence-electron chi connectivity index (χ2n) is 6.46. The van der Waals surface area contributed by atoms with Gasteiger partial charge in [-0.2, -0.15) is 0 Å². The predicted molar refractivity (Wildman–Crippen MR) is 98.1 cm³/mol. The lowest BCUT2D eigenvalue weighted by Gasteiger charge is -2.23. The Kier molecular flexibility index (Phi) is 7.49. The fraction of sp³-hybridized carbons (Fsp3) is 0.476. The molecule has 0 saturated carbocycles. The van der Waals surface area contributed by atoms with Crippen molar-refractivity contribution in [3.8, 4) is 0 Å². The first-order chi connectivity index (χ1) is 12.2. The second-order valence-corrected chi connectivity index (χ2v) is 6.46. The van der Waals surface area contributed by atoms with Crippen molar-refractivity contribution in [2.24, 2.45) is 5.92 Å². The van der Waals surface area contributed by atoms with Gasteiger partial charge < -0.3 is 4.74 Å². The summed E-state index contributed by atoms with van der Waals surface area (Å²) in [7, 11) is 0. The number of carbonyl (C=O) groups is 2. The van der Waals surface area contributed by atoms with Crippen LogP contribution in [-0.4, -0.2) is 29.5 Å². The molecule has 0 spiro atoms. The highest BCUT2D eigenvalue weighted by Crippen LogP contribution is 2.23. The van der Waals surface area contributed by atoms with Crippen LogP contribution >= 0.6 is 0 Å². The standard InChI is InChI=1S/C21H27NO3/c1-3-5-6-10-14-18(11-4-2)20(23)22-19(16-25-21(22)24)15-17-12-8-7-9-13-17/h7-9,11-13,18-19H,2-3,5-6,10,14-16H2,1H3/t18-,19-/m1/s1. The van der Waals surface area contributed by atoms with E-state index in [4.69, 9.17) is 4.74 Å². The normalized spacial score (nSPS) is 17.7. The number of rotatable bonds is 9. The molecule has 1 heterocycles. The molecule has 0 aromatic heterocycles. The molecule has 1 aliphatic rings. The second kappa shape index (κ2) is 9.85. The van der Waals surface area contributed by atoms with E-state index in [0.717, 1.165) is 31.2 Å². The predicted octanol–water partition coefficient (Wildman–Crippen LogP) is 4.50. The molecular formula is C21H27NO3. The van der Waals surface area contributed by atoms with E-state index in [1.165, 1.54) is 4.90 Å². The number of ether oxygens (including phenoxy) is 1. The maximum absolute atomic E-state index is 12.9. The third-order valence-electron chi connectivity index (χ3n) is 4.52. The van der Waals surface area contributed by atoms with Gasteiger partial charge in [-0.25, -0.2) is 9.69 Å². The zero-order valence-electron chi connectivity index (χ0n) is 14.9. The SMILES string of the molecule is C=C=C[C@H](CCCCCC)C(=O)N1C(=O)OC[C@H]1Cc1ccccc1. The summed E-state index contributed by atoms with van der Waals surface area (Å²) >= 11 is 0. The van der Waals surface area contributed by atoms with E-state index in [1.807, 2.05) is 30.3 Å². The minimum absolute atomic E-state index is 0.198. The lowest BCUT2D eigenvalue weighted by Crippen LogP contribution is -2.43. The Bertz CT molecular complexity index is 619. The van der Waals surface area contributed by atoms with Crippen molar-refractivity contribution in [1.82, 2.24) is 4.90 Å². The van der Waals surface area contributed by atoms with E-state index >= 15 is 0 Å². The number of nitrogens with zero attached hydrogens (tertiary/aromatic N) is 1. The van der Waals surface area contributed by atoms with Gasteiger partial charge in [-0.1, -0.05) is 69.5 Å². The first-order valence-corrected chi connectivity index (χ1v) is 9.07. The van der Waals surface area contributed by atoms with Gasteiger partial charge in [0.05, 0.1) is 12.0 Å². The third kappa shape index (κ3) is 5.33. The smallest absolute Gasteiger partial charge is 0.417 e. The van der Waals surface area contributed by atoms with E-state index in [9.17, 15) is 9.59 Å². The third-order valence-corrected chi connectivity index (χ3v) is 4.52. The van der Waals surface area contributed by atoms with Gasteiger partial charge in [0.15, 0.2) is 0 Å². The Morgan fingerprint density at radius 2 is 2.12 bits per heavy atom. The summed E-state index contributed by atoms with van der Waals surface area (Å²) in [5.41, 5.74) is 3.80. The van der Waals surface area contributed by atoms with Crippen LogP contribution in [0.4, 0.5) is 4.79 Å². The van der Waals surface area contributed by atoms with Crippen LogP contribution in [0.15, 0.2) is 48.7 Å². The van der Waals surface area contributed by atoms with Crippen LogP contribution in [-0.2, 0) is 16.0 Å². The highest BCUT2D eigenvalue weighted by Gasteiger charge is 2.39. The number of hydrogen-bond donors (Lipinski definition) is 0. The minimum atomic E-state index is -0.540. The first-order valence-electron chi connectivity index (χ1n) is 9.07. The monoisotopic (exact) mass is 341 g/mol. The molecular weight excluding hydrogens is 314 g/mol. The lowest BCUT2D eigenvalue weighted by molar-refractivity contribution is -0.132. The Hall–Kier alpha value is -2.32. The highest BCUT2D eigenvalue weighted by atomic mass is 16.6. The summed E-state index contributed by atoms with van der Waals surface area (Å²) < 4.78 is 5.16. The molecule has 4 nitrogen and oxygen atoms in total. The fourth-order valence-corrected chi connectivity index (χ4v) is 3.16. The molecule has 25 heavy (non-hydrogen) atoms. The molecule has 2 atom stereocenters. The van der Waals surface area contributed by atoms with Crippen LogP contribution in [0, 0.1) is 5.92 Å². The number of unbranched alkanes of at least 4 members (excludes halogenated alkanes) is 3. The number of benzene rings is 1. The molecule has 0 radical (unpaired) electrons. The summed E-state index contributed by atoms with van der Waals surface area (Å²) in [6.45, 7) is 6.00. The van der Waals surface area contributed by atoms with Crippen LogP contribution in [0.25, 0.3) is 0 Å². The Balaban J connectivity index is 2.06. The number of imide groups is 1. The lowest BCUT2D eigenvalue weighted by atomic mass is 9.97. The molecule has 134 valence electrons. The van der Waals surface area contributed by atoms with Crippen molar-refractivity contribution < 1.29 is 14.3 Å². The zero-order chi connectivity index (χ0) is 18.1. The van der Waals surface area contributed by atoms with Crippen molar-refractivity contribution >= 4 is 12.0 Å². The Labute approximate surface area is 150 Å². The van der Waals surface area contributed by atoms with Gasteiger partial charge in [-0.15, -0.1) is 5.73 Å². The van der Waals surface area contributed by atoms with Gasteiger partial charge in [-0.05, 0) is 24.5 Å². The summed E-state index contributed by atoms with van der Waals surface area (Å²) in [5, 5.41) is 0. The first kappa shape index (κ1) is 19.0. The molecule has 2 amide bonds. The van der Waals surface area contributed by atoms with E-state index in [1.54, 1.807) is 6.08 Å². The summed E-state index contributed by atoms with van der Waals surface area (Å²) in [6, 6.07) is 9.60. The quantitative estimate of drug-likeness (QED) is 0.490. The van der Waals surface area contributed by atoms with Gasteiger partial charge in [-0.3, -0.25) is 4.79 Å². The molecule has 4 heteroatoms. The van der Waals surface area contributed by atoms with Crippen LogP contribution < -0.4 is 0 Å². The van der Waals surface area contributed by atoms with Gasteiger partial charge in [0.25, 0.3) is 0 Å². The van der Waals surface area contributed by atoms with Crippen molar-refractivity contribution in [3.63, 3.8) is 0 Å². The van der Waals surface area contributed by atoms with E-state index < -0.39 is 6.09 Å². The molecule has 1 aromatic carbocycles. The molecule has 1 aliphatic heterocycles. The molecule has 1 saturated heterocycles. The van der Waals surface area contributed by atoms with Crippen molar-refractivity contribution in [3.05, 3.63) is 54.3 Å². The average Bonchev–Trinajstić information content (AvgIpc) is 2.98. The maximum atomic E-state index is 12.9. The van der Waals surface area contributed by atoms with Gasteiger partial charge in [0.1, 0.15) is 6.61 Å². The van der Waals surface area contributed by atoms with E-state index in [-0.39, 0.29) is 24.5 Å². The molecule has 0 bridgehead atoms. The van der Waals surface area contributed by atoms with Crippen LogP contribution in [0.3, 0.4) is 0 Å². The molecule has 1 aromatic rings. The van der Waals surface area contributed by atoms with Gasteiger partial charge in [0, 0.05) is 0 Å². The van der Waals surface area contributed by atoms with Crippen LogP contribution in [0.2, 0.25) is 0 Å². The summed E-state index contributed by atoms with van der Waals surface area (Å²) in [6.07, 6.45) is 6.80. The van der Waals surface area contributed by atoms with Gasteiger partial charge in [0.2, 0.25) is 5.91 Å². The summed E-state index contributed by atoms with van der Waals surface area (Å²) in [5.74, 6) is -0.561.